The number of ether oxygens (including phenoxy) is 2. The van der Waals surface area contributed by atoms with Crippen molar-refractivity contribution in [3.8, 4) is 0 Å². The SMILES string of the molecule is C[C@@H]1CN(S(=O)(=O)N[C@H](C)[C@H]2CCCO2)C[C@@H](C)O1. The number of nitrogens with one attached hydrogen (secondary N) is 1. The maximum absolute atomic E-state index is 12.3. The lowest BCUT2D eigenvalue weighted by Gasteiger charge is -2.35. The first-order valence-corrected chi connectivity index (χ1v) is 8.37. The van der Waals surface area contributed by atoms with Gasteiger partial charge in [0.1, 0.15) is 0 Å². The lowest BCUT2D eigenvalue weighted by Crippen LogP contribution is -2.54. The highest BCUT2D eigenvalue weighted by molar-refractivity contribution is 7.87. The molecule has 1 N–H and O–H groups in total. The van der Waals surface area contributed by atoms with Crippen LogP contribution in [0.3, 0.4) is 0 Å². The number of hydrogen-bond donors (Lipinski definition) is 1. The van der Waals surface area contributed by atoms with Crippen molar-refractivity contribution in [2.45, 2.75) is 58.0 Å². The minimum absolute atomic E-state index is 0.00865. The van der Waals surface area contributed by atoms with E-state index in [-0.39, 0.29) is 24.4 Å². The summed E-state index contributed by atoms with van der Waals surface area (Å²) in [6.45, 7) is 7.17. The van der Waals surface area contributed by atoms with E-state index in [0.29, 0.717) is 13.1 Å². The molecular weight excluding hydrogens is 268 g/mol. The van der Waals surface area contributed by atoms with Crippen molar-refractivity contribution in [3.05, 3.63) is 0 Å². The van der Waals surface area contributed by atoms with E-state index in [9.17, 15) is 8.42 Å². The highest BCUT2D eigenvalue weighted by atomic mass is 32.2. The molecule has 2 saturated heterocycles. The van der Waals surface area contributed by atoms with E-state index in [0.717, 1.165) is 19.4 Å². The fraction of sp³-hybridized carbons (Fsp3) is 1.00. The van der Waals surface area contributed by atoms with Gasteiger partial charge in [-0.05, 0) is 33.6 Å². The van der Waals surface area contributed by atoms with Crippen molar-refractivity contribution in [2.75, 3.05) is 19.7 Å². The summed E-state index contributed by atoms with van der Waals surface area (Å²) in [7, 11) is -3.46. The van der Waals surface area contributed by atoms with Crippen LogP contribution in [-0.2, 0) is 19.7 Å². The second kappa shape index (κ2) is 6.05. The summed E-state index contributed by atoms with van der Waals surface area (Å²) in [6.07, 6.45) is 1.77. The van der Waals surface area contributed by atoms with Gasteiger partial charge in [0, 0.05) is 25.7 Å². The van der Waals surface area contributed by atoms with E-state index in [1.165, 1.54) is 4.31 Å². The van der Waals surface area contributed by atoms with E-state index in [2.05, 4.69) is 4.72 Å². The van der Waals surface area contributed by atoms with Crippen molar-refractivity contribution < 1.29 is 17.9 Å². The summed E-state index contributed by atoms with van der Waals surface area (Å²) in [5.74, 6) is 0. The van der Waals surface area contributed by atoms with Crippen molar-refractivity contribution in [1.82, 2.24) is 9.03 Å². The predicted octanol–water partition coefficient (Wildman–Crippen LogP) is 0.498. The van der Waals surface area contributed by atoms with Gasteiger partial charge in [0.2, 0.25) is 0 Å². The quantitative estimate of drug-likeness (QED) is 0.819. The molecule has 0 aromatic rings. The third-order valence-corrected chi connectivity index (χ3v) is 5.23. The highest BCUT2D eigenvalue weighted by Crippen LogP contribution is 2.18. The number of nitrogens with zero attached hydrogens (tertiary/aromatic N) is 1. The molecule has 7 heteroatoms. The lowest BCUT2D eigenvalue weighted by atomic mass is 10.1. The molecule has 0 radical (unpaired) electrons. The third-order valence-electron chi connectivity index (χ3n) is 3.58. The van der Waals surface area contributed by atoms with Crippen LogP contribution in [0.2, 0.25) is 0 Å². The molecule has 0 aromatic heterocycles. The fourth-order valence-corrected chi connectivity index (χ4v) is 4.29. The molecule has 112 valence electrons. The lowest BCUT2D eigenvalue weighted by molar-refractivity contribution is -0.0446. The molecule has 0 unspecified atom stereocenters. The summed E-state index contributed by atoms with van der Waals surface area (Å²) in [4.78, 5) is 0. The van der Waals surface area contributed by atoms with Crippen LogP contribution in [-0.4, -0.2) is 56.8 Å². The van der Waals surface area contributed by atoms with Crippen LogP contribution in [0.15, 0.2) is 0 Å². The Hall–Kier alpha value is -0.210. The summed E-state index contributed by atoms with van der Waals surface area (Å²) in [5.41, 5.74) is 0. The Morgan fingerprint density at radius 2 is 1.89 bits per heavy atom. The largest absolute Gasteiger partial charge is 0.377 e. The Kier molecular flexibility index (Phi) is 4.84. The molecule has 2 aliphatic heterocycles. The van der Waals surface area contributed by atoms with Crippen LogP contribution in [0.1, 0.15) is 33.6 Å². The maximum atomic E-state index is 12.3. The number of morpholine rings is 1. The van der Waals surface area contributed by atoms with E-state index < -0.39 is 10.2 Å². The first kappa shape index (κ1) is 15.2. The zero-order valence-electron chi connectivity index (χ0n) is 11.8. The maximum Gasteiger partial charge on any atom is 0.279 e. The van der Waals surface area contributed by atoms with Crippen LogP contribution in [0.25, 0.3) is 0 Å². The molecule has 0 spiro atoms. The van der Waals surface area contributed by atoms with Crippen molar-refractivity contribution in [2.24, 2.45) is 0 Å². The van der Waals surface area contributed by atoms with Crippen LogP contribution >= 0.6 is 0 Å². The predicted molar refractivity (Wildman–Crippen MR) is 72.1 cm³/mol. The van der Waals surface area contributed by atoms with Crippen LogP contribution in [0.4, 0.5) is 0 Å². The van der Waals surface area contributed by atoms with Gasteiger partial charge >= 0.3 is 0 Å². The van der Waals surface area contributed by atoms with Crippen LogP contribution in [0, 0.1) is 0 Å². The Morgan fingerprint density at radius 3 is 2.42 bits per heavy atom. The molecule has 2 fully saturated rings. The van der Waals surface area contributed by atoms with Gasteiger partial charge in [0.25, 0.3) is 10.2 Å². The molecule has 2 aliphatic rings. The first-order valence-electron chi connectivity index (χ1n) is 6.93. The minimum atomic E-state index is -3.46. The fourth-order valence-electron chi connectivity index (χ4n) is 2.71. The van der Waals surface area contributed by atoms with Gasteiger partial charge in [0.05, 0.1) is 18.3 Å². The summed E-state index contributed by atoms with van der Waals surface area (Å²) < 4.78 is 40.0. The van der Waals surface area contributed by atoms with Gasteiger partial charge in [0.15, 0.2) is 0 Å². The topological polar surface area (TPSA) is 67.9 Å². The molecule has 0 aliphatic carbocycles. The Bertz CT molecular complexity index is 385. The van der Waals surface area contributed by atoms with Gasteiger partial charge in [-0.2, -0.15) is 17.4 Å². The summed E-state index contributed by atoms with van der Waals surface area (Å²) in [6, 6.07) is -0.194. The second-order valence-corrected chi connectivity index (χ2v) is 7.24. The standard InChI is InChI=1S/C12H24N2O4S/c1-9-7-14(8-10(2)18-9)19(15,16)13-11(3)12-5-4-6-17-12/h9-13H,4-8H2,1-3H3/t9-,10-,11-,12-/m1/s1. The number of hydrogen-bond acceptors (Lipinski definition) is 4. The van der Waals surface area contributed by atoms with Crippen LogP contribution < -0.4 is 4.72 Å². The third kappa shape index (κ3) is 3.88. The monoisotopic (exact) mass is 292 g/mol. The van der Waals surface area contributed by atoms with E-state index >= 15 is 0 Å². The second-order valence-electron chi connectivity index (χ2n) is 5.54. The van der Waals surface area contributed by atoms with Crippen molar-refractivity contribution >= 4 is 10.2 Å². The molecule has 2 rings (SSSR count). The summed E-state index contributed by atoms with van der Waals surface area (Å²) in [5, 5.41) is 0. The van der Waals surface area contributed by atoms with E-state index in [1.54, 1.807) is 0 Å². The van der Waals surface area contributed by atoms with Crippen LogP contribution in [0.5, 0.6) is 0 Å². The van der Waals surface area contributed by atoms with Crippen molar-refractivity contribution in [3.63, 3.8) is 0 Å². The summed E-state index contributed by atoms with van der Waals surface area (Å²) >= 11 is 0. The van der Waals surface area contributed by atoms with E-state index in [4.69, 9.17) is 9.47 Å². The van der Waals surface area contributed by atoms with Gasteiger partial charge in [-0.25, -0.2) is 0 Å². The van der Waals surface area contributed by atoms with Gasteiger partial charge in [-0.15, -0.1) is 0 Å². The molecule has 2 heterocycles. The van der Waals surface area contributed by atoms with Crippen molar-refractivity contribution in [1.29, 1.82) is 0 Å². The molecule has 4 atom stereocenters. The first-order chi connectivity index (χ1) is 8.88. The highest BCUT2D eigenvalue weighted by Gasteiger charge is 2.34. The van der Waals surface area contributed by atoms with Gasteiger partial charge < -0.3 is 9.47 Å². The number of rotatable bonds is 4. The molecule has 0 aromatic carbocycles. The van der Waals surface area contributed by atoms with Gasteiger partial charge in [-0.1, -0.05) is 0 Å². The smallest absolute Gasteiger partial charge is 0.279 e. The Balaban J connectivity index is 1.97. The molecule has 0 saturated carbocycles. The Morgan fingerprint density at radius 1 is 1.26 bits per heavy atom. The normalized spacial score (nSPS) is 35.4. The molecule has 0 amide bonds. The molecule has 19 heavy (non-hydrogen) atoms. The van der Waals surface area contributed by atoms with Gasteiger partial charge in [-0.3, -0.25) is 0 Å². The minimum Gasteiger partial charge on any atom is -0.377 e. The van der Waals surface area contributed by atoms with E-state index in [1.807, 2.05) is 20.8 Å². The Labute approximate surface area is 115 Å². The molecular formula is C12H24N2O4S. The zero-order chi connectivity index (χ0) is 14.0. The average Bonchev–Trinajstić information content (AvgIpc) is 2.80. The zero-order valence-corrected chi connectivity index (χ0v) is 12.6. The molecule has 0 bridgehead atoms. The average molecular weight is 292 g/mol. The molecule has 6 nitrogen and oxygen atoms in total.